The number of carbonyl (C=O) groups excluding carboxylic acids is 1. The molecule has 3 N–H and O–H groups in total. The van der Waals surface area contributed by atoms with Crippen LogP contribution in [0.4, 0.5) is 11.4 Å². The van der Waals surface area contributed by atoms with Crippen molar-refractivity contribution in [1.29, 1.82) is 0 Å². The van der Waals surface area contributed by atoms with E-state index < -0.39 is 14.8 Å². The number of amides is 1. The zero-order chi connectivity index (χ0) is 22.5. The second kappa shape index (κ2) is 10.3. The van der Waals surface area contributed by atoms with Crippen molar-refractivity contribution in [2.45, 2.75) is 89.3 Å². The monoisotopic (exact) mass is 449 g/mol. The first-order chi connectivity index (χ1) is 14.6. The van der Waals surface area contributed by atoms with Crippen LogP contribution in [0.1, 0.15) is 78.6 Å². The lowest BCUT2D eigenvalue weighted by Crippen LogP contribution is -2.46. The Hall–Kier alpha value is -1.60. The molecule has 1 aromatic rings. The molecule has 0 bridgehead atoms. The molecule has 0 aliphatic heterocycles. The van der Waals surface area contributed by atoms with Crippen LogP contribution < -0.4 is 15.4 Å². The Bertz CT molecular complexity index is 817. The molecule has 6 nitrogen and oxygen atoms in total. The van der Waals surface area contributed by atoms with E-state index in [1.54, 1.807) is 20.8 Å². The van der Waals surface area contributed by atoms with Gasteiger partial charge in [-0.05, 0) is 89.5 Å². The van der Waals surface area contributed by atoms with Gasteiger partial charge < -0.3 is 10.6 Å². The highest BCUT2D eigenvalue weighted by molar-refractivity contribution is 7.90. The molecule has 7 heteroatoms. The second-order valence-corrected chi connectivity index (χ2v) is 12.7. The zero-order valence-corrected chi connectivity index (χ0v) is 20.1. The Morgan fingerprint density at radius 1 is 0.903 bits per heavy atom. The topological polar surface area (TPSA) is 87.3 Å². The second-order valence-electron chi connectivity index (χ2n) is 10.2. The van der Waals surface area contributed by atoms with Gasteiger partial charge in [0.1, 0.15) is 0 Å². The minimum Gasteiger partial charge on any atom is -0.385 e. The Labute approximate surface area is 188 Å². The molecule has 0 atom stereocenters. The number of sulfonamides is 1. The van der Waals surface area contributed by atoms with Crippen molar-refractivity contribution in [3.63, 3.8) is 0 Å². The van der Waals surface area contributed by atoms with Gasteiger partial charge in [-0.2, -0.15) is 0 Å². The van der Waals surface area contributed by atoms with Crippen molar-refractivity contribution in [1.82, 2.24) is 4.72 Å². The van der Waals surface area contributed by atoms with Crippen LogP contribution in [-0.2, 0) is 14.8 Å². The van der Waals surface area contributed by atoms with E-state index in [0.29, 0.717) is 5.92 Å². The molecule has 2 aliphatic rings. The molecular formula is C24H39N3O3S. The van der Waals surface area contributed by atoms with Crippen LogP contribution in [0.15, 0.2) is 24.3 Å². The fourth-order valence-electron chi connectivity index (χ4n) is 4.42. The maximum Gasteiger partial charge on any atom is 0.227 e. The molecular weight excluding hydrogens is 410 g/mol. The van der Waals surface area contributed by atoms with Gasteiger partial charge in [-0.3, -0.25) is 4.79 Å². The standard InChI is InChI=1S/C24H39N3O3S/c1-24(2,3)31(29,30)27-22-11-9-18(10-12-22)17-25-20-13-15-21(16-14-20)26-23(28)19-7-5-4-6-8-19/h13-16,18-19,22,25,27H,4-12,17H2,1-3H3,(H,26,28). The van der Waals surface area contributed by atoms with Gasteiger partial charge >= 0.3 is 0 Å². The predicted molar refractivity (Wildman–Crippen MR) is 128 cm³/mol. The van der Waals surface area contributed by atoms with Crippen LogP contribution >= 0.6 is 0 Å². The van der Waals surface area contributed by atoms with E-state index >= 15 is 0 Å². The molecule has 0 radical (unpaired) electrons. The minimum absolute atomic E-state index is 0.0486. The van der Waals surface area contributed by atoms with Crippen LogP contribution in [0, 0.1) is 11.8 Å². The molecule has 3 rings (SSSR count). The van der Waals surface area contributed by atoms with E-state index in [1.807, 2.05) is 24.3 Å². The van der Waals surface area contributed by atoms with E-state index in [0.717, 1.165) is 69.3 Å². The van der Waals surface area contributed by atoms with Gasteiger partial charge in [0.2, 0.25) is 15.9 Å². The molecule has 0 saturated heterocycles. The van der Waals surface area contributed by atoms with Crippen LogP contribution in [-0.4, -0.2) is 31.7 Å². The molecule has 0 heterocycles. The van der Waals surface area contributed by atoms with Gasteiger partial charge in [-0.15, -0.1) is 0 Å². The molecule has 2 saturated carbocycles. The van der Waals surface area contributed by atoms with E-state index in [2.05, 4.69) is 15.4 Å². The smallest absolute Gasteiger partial charge is 0.227 e. The number of nitrogens with one attached hydrogen (secondary N) is 3. The molecule has 0 unspecified atom stereocenters. The lowest BCUT2D eigenvalue weighted by molar-refractivity contribution is -0.120. The number of anilines is 2. The summed E-state index contributed by atoms with van der Waals surface area (Å²) in [6.45, 7) is 6.08. The highest BCUT2D eigenvalue weighted by atomic mass is 32.2. The summed E-state index contributed by atoms with van der Waals surface area (Å²) in [6, 6.07) is 7.99. The van der Waals surface area contributed by atoms with Gasteiger partial charge in [0.05, 0.1) is 4.75 Å². The van der Waals surface area contributed by atoms with Crippen LogP contribution in [0.5, 0.6) is 0 Å². The Kier molecular flexibility index (Phi) is 8.03. The largest absolute Gasteiger partial charge is 0.385 e. The van der Waals surface area contributed by atoms with Crippen molar-refractivity contribution in [2.24, 2.45) is 11.8 Å². The summed E-state index contributed by atoms with van der Waals surface area (Å²) in [5.74, 6) is 0.856. The fourth-order valence-corrected chi connectivity index (χ4v) is 5.45. The van der Waals surface area contributed by atoms with Gasteiger partial charge in [0.25, 0.3) is 0 Å². The normalized spacial score (nSPS) is 23.3. The maximum absolute atomic E-state index is 12.4. The van der Waals surface area contributed by atoms with Gasteiger partial charge in [-0.1, -0.05) is 19.3 Å². The van der Waals surface area contributed by atoms with Crippen LogP contribution in [0.3, 0.4) is 0 Å². The fraction of sp³-hybridized carbons (Fsp3) is 0.708. The van der Waals surface area contributed by atoms with E-state index in [1.165, 1.54) is 6.42 Å². The number of hydrogen-bond acceptors (Lipinski definition) is 4. The minimum atomic E-state index is -3.29. The Morgan fingerprint density at radius 2 is 1.48 bits per heavy atom. The summed E-state index contributed by atoms with van der Waals surface area (Å²) in [7, 11) is -3.29. The van der Waals surface area contributed by atoms with Crippen LogP contribution in [0.25, 0.3) is 0 Å². The van der Waals surface area contributed by atoms with Crippen molar-refractivity contribution in [3.05, 3.63) is 24.3 Å². The van der Waals surface area contributed by atoms with Crippen molar-refractivity contribution >= 4 is 27.3 Å². The van der Waals surface area contributed by atoms with Crippen molar-refractivity contribution in [3.8, 4) is 0 Å². The van der Waals surface area contributed by atoms with Gasteiger partial charge in [0, 0.05) is 29.9 Å². The highest BCUT2D eigenvalue weighted by Crippen LogP contribution is 2.28. The molecule has 31 heavy (non-hydrogen) atoms. The van der Waals surface area contributed by atoms with E-state index in [9.17, 15) is 13.2 Å². The van der Waals surface area contributed by atoms with Crippen LogP contribution in [0.2, 0.25) is 0 Å². The number of benzene rings is 1. The lowest BCUT2D eigenvalue weighted by atomic mass is 9.86. The van der Waals surface area contributed by atoms with Crippen molar-refractivity contribution < 1.29 is 13.2 Å². The number of hydrogen-bond donors (Lipinski definition) is 3. The predicted octanol–water partition coefficient (Wildman–Crippen LogP) is 4.89. The number of rotatable bonds is 7. The molecule has 2 aliphatic carbocycles. The third kappa shape index (κ3) is 6.94. The Balaban J connectivity index is 1.39. The van der Waals surface area contributed by atoms with Gasteiger partial charge in [0.15, 0.2) is 0 Å². The first kappa shape index (κ1) is 24.1. The summed E-state index contributed by atoms with van der Waals surface area (Å²) in [5, 5.41) is 6.55. The molecule has 1 amide bonds. The first-order valence-electron chi connectivity index (χ1n) is 11.8. The summed E-state index contributed by atoms with van der Waals surface area (Å²) in [4.78, 5) is 12.4. The summed E-state index contributed by atoms with van der Waals surface area (Å²) >= 11 is 0. The molecule has 0 spiro atoms. The van der Waals surface area contributed by atoms with E-state index in [4.69, 9.17) is 0 Å². The maximum atomic E-state index is 12.4. The van der Waals surface area contributed by atoms with E-state index in [-0.39, 0.29) is 17.9 Å². The third-order valence-corrected chi connectivity index (χ3v) is 8.95. The molecule has 1 aromatic carbocycles. The summed E-state index contributed by atoms with van der Waals surface area (Å²) in [5.41, 5.74) is 1.90. The lowest BCUT2D eigenvalue weighted by Gasteiger charge is -2.31. The Morgan fingerprint density at radius 3 is 2.06 bits per heavy atom. The average Bonchev–Trinajstić information content (AvgIpc) is 2.74. The molecule has 0 aromatic heterocycles. The number of carbonyl (C=O) groups is 1. The summed E-state index contributed by atoms with van der Waals surface area (Å²) in [6.07, 6.45) is 9.37. The van der Waals surface area contributed by atoms with Crippen molar-refractivity contribution in [2.75, 3.05) is 17.2 Å². The quantitative estimate of drug-likeness (QED) is 0.553. The molecule has 2 fully saturated rings. The SMILES string of the molecule is CC(C)(C)S(=O)(=O)NC1CCC(CNc2ccc(NC(=O)C3CCCCC3)cc2)CC1. The average molecular weight is 450 g/mol. The molecule has 174 valence electrons. The third-order valence-electron chi connectivity index (χ3n) is 6.70. The highest BCUT2D eigenvalue weighted by Gasteiger charge is 2.32. The first-order valence-corrected chi connectivity index (χ1v) is 13.3. The van der Waals surface area contributed by atoms with Gasteiger partial charge in [-0.25, -0.2) is 13.1 Å². The summed E-state index contributed by atoms with van der Waals surface area (Å²) < 4.78 is 26.8. The zero-order valence-electron chi connectivity index (χ0n) is 19.2.